The highest BCUT2D eigenvalue weighted by Gasteiger charge is 2.54. The first-order valence-corrected chi connectivity index (χ1v) is 12.9. The van der Waals surface area contributed by atoms with Crippen molar-refractivity contribution in [2.45, 2.75) is 37.3 Å². The van der Waals surface area contributed by atoms with E-state index in [2.05, 4.69) is 25.1 Å². The van der Waals surface area contributed by atoms with Crippen LogP contribution in [-0.4, -0.2) is 57.1 Å². The number of rotatable bonds is 5. The van der Waals surface area contributed by atoms with E-state index in [1.807, 2.05) is 18.3 Å². The Hall–Kier alpha value is -4.18. The van der Waals surface area contributed by atoms with Gasteiger partial charge in [0.2, 0.25) is 0 Å². The Labute approximate surface area is 217 Å². The van der Waals surface area contributed by atoms with Gasteiger partial charge in [0.25, 0.3) is 0 Å². The summed E-state index contributed by atoms with van der Waals surface area (Å²) >= 11 is 0. The standard InChI is InChI=1S/C28H27N5O5/c1-37-22-14-16(13-20-18(22)6-11-33(20)17-3-4-17)24(34)23-25(35)19-12-15(26-30-27(36)32-31-26)2-5-21(19)38-28(23)7-9-29-10-8-28/h2,5-6,11-14,17,23,29H,3-4,7-10H2,1H3,(H2,30,31,32,36). The van der Waals surface area contributed by atoms with Crippen molar-refractivity contribution in [1.82, 2.24) is 25.1 Å². The molecule has 0 radical (unpaired) electrons. The van der Waals surface area contributed by atoms with Crippen molar-refractivity contribution in [3.05, 3.63) is 64.2 Å². The monoisotopic (exact) mass is 513 g/mol. The number of Topliss-reactive ketones (excluding diaryl/α,β-unsaturated/α-hetero) is 2. The number of fused-ring (bicyclic) bond motifs is 2. The summed E-state index contributed by atoms with van der Waals surface area (Å²) in [7, 11) is 1.60. The van der Waals surface area contributed by atoms with Crippen molar-refractivity contribution < 1.29 is 19.1 Å². The zero-order valence-corrected chi connectivity index (χ0v) is 20.9. The summed E-state index contributed by atoms with van der Waals surface area (Å²) in [5.74, 6) is -0.208. The molecule has 3 N–H and O–H groups in total. The minimum Gasteiger partial charge on any atom is -0.496 e. The van der Waals surface area contributed by atoms with Crippen molar-refractivity contribution in [2.24, 2.45) is 5.92 Å². The minimum atomic E-state index is -1.02. The predicted octanol–water partition coefficient (Wildman–Crippen LogP) is 3.26. The molecule has 0 bridgehead atoms. The number of ether oxygens (including phenoxy) is 2. The Bertz CT molecular complexity index is 1650. The first-order valence-electron chi connectivity index (χ1n) is 12.9. The number of H-pyrrole nitrogens is 2. The van der Waals surface area contributed by atoms with Crippen LogP contribution >= 0.6 is 0 Å². The predicted molar refractivity (Wildman–Crippen MR) is 139 cm³/mol. The lowest BCUT2D eigenvalue weighted by molar-refractivity contribution is -0.0138. The van der Waals surface area contributed by atoms with Crippen LogP contribution in [0.3, 0.4) is 0 Å². The zero-order valence-electron chi connectivity index (χ0n) is 20.9. The highest BCUT2D eigenvalue weighted by Crippen LogP contribution is 2.45. The number of methoxy groups -OCH3 is 1. The topological polar surface area (TPSA) is 131 Å². The second-order valence-corrected chi connectivity index (χ2v) is 10.4. The summed E-state index contributed by atoms with van der Waals surface area (Å²) in [6, 6.07) is 11.2. The van der Waals surface area contributed by atoms with Crippen LogP contribution in [0.25, 0.3) is 22.3 Å². The first kappa shape index (κ1) is 23.0. The number of ketones is 2. The van der Waals surface area contributed by atoms with Gasteiger partial charge >= 0.3 is 5.69 Å². The number of nitrogens with zero attached hydrogens (tertiary/aromatic N) is 2. The molecule has 1 spiro atoms. The Kier molecular flexibility index (Phi) is 5.09. The third-order valence-electron chi connectivity index (χ3n) is 8.08. The van der Waals surface area contributed by atoms with Crippen LogP contribution in [-0.2, 0) is 0 Å². The van der Waals surface area contributed by atoms with E-state index in [0.29, 0.717) is 66.0 Å². The normalized spacial score (nSPS) is 20.3. The van der Waals surface area contributed by atoms with Crippen LogP contribution in [0, 0.1) is 5.92 Å². The van der Waals surface area contributed by atoms with Gasteiger partial charge in [-0.25, -0.2) is 9.89 Å². The van der Waals surface area contributed by atoms with E-state index in [4.69, 9.17) is 9.47 Å². The molecule has 3 aliphatic rings. The maximum Gasteiger partial charge on any atom is 0.340 e. The quantitative estimate of drug-likeness (QED) is 0.276. The van der Waals surface area contributed by atoms with Gasteiger partial charge in [-0.05, 0) is 62.3 Å². The molecule has 194 valence electrons. The smallest absolute Gasteiger partial charge is 0.340 e. The Morgan fingerprint density at radius 2 is 1.95 bits per heavy atom. The summed E-state index contributed by atoms with van der Waals surface area (Å²) in [6.45, 7) is 1.29. The van der Waals surface area contributed by atoms with Crippen LogP contribution in [0.1, 0.15) is 52.4 Å². The fourth-order valence-corrected chi connectivity index (χ4v) is 6.01. The second kappa shape index (κ2) is 8.42. The van der Waals surface area contributed by atoms with Gasteiger partial charge in [-0.3, -0.25) is 14.6 Å². The third-order valence-corrected chi connectivity index (χ3v) is 8.08. The molecule has 0 amide bonds. The van der Waals surface area contributed by atoms with Gasteiger partial charge in [-0.2, -0.15) is 5.10 Å². The van der Waals surface area contributed by atoms with E-state index in [1.165, 1.54) is 0 Å². The van der Waals surface area contributed by atoms with E-state index in [0.717, 1.165) is 23.7 Å². The molecule has 7 rings (SSSR count). The molecule has 2 aliphatic heterocycles. The van der Waals surface area contributed by atoms with E-state index >= 15 is 0 Å². The number of nitrogens with one attached hydrogen (secondary N) is 3. The van der Waals surface area contributed by atoms with Crippen LogP contribution < -0.4 is 20.5 Å². The number of carbonyl (C=O) groups is 2. The number of benzene rings is 2. The minimum absolute atomic E-state index is 0.273. The molecule has 1 saturated carbocycles. The summed E-state index contributed by atoms with van der Waals surface area (Å²) in [4.78, 5) is 42.7. The molecular weight excluding hydrogens is 486 g/mol. The van der Waals surface area contributed by atoms with Gasteiger partial charge in [0.05, 0.1) is 18.2 Å². The Morgan fingerprint density at radius 1 is 1.13 bits per heavy atom. The van der Waals surface area contributed by atoms with Gasteiger partial charge < -0.3 is 19.4 Å². The Balaban J connectivity index is 1.35. The van der Waals surface area contributed by atoms with Gasteiger partial charge in [0.15, 0.2) is 17.4 Å². The lowest BCUT2D eigenvalue weighted by atomic mass is 9.70. The lowest BCUT2D eigenvalue weighted by Gasteiger charge is -2.45. The highest BCUT2D eigenvalue weighted by atomic mass is 16.5. The number of aromatic amines is 2. The molecule has 38 heavy (non-hydrogen) atoms. The number of carbonyl (C=O) groups excluding carboxylic acids is 2. The summed E-state index contributed by atoms with van der Waals surface area (Å²) in [5.41, 5.74) is 0.840. The molecule has 2 aromatic carbocycles. The summed E-state index contributed by atoms with van der Waals surface area (Å²) < 4.78 is 14.4. The lowest BCUT2D eigenvalue weighted by Crippen LogP contribution is -2.58. The summed E-state index contributed by atoms with van der Waals surface area (Å²) in [6.07, 6.45) is 5.31. The molecule has 10 heteroatoms. The van der Waals surface area contributed by atoms with E-state index in [1.54, 1.807) is 31.4 Å². The molecule has 4 aromatic rings. The second-order valence-electron chi connectivity index (χ2n) is 10.4. The van der Waals surface area contributed by atoms with Crippen LogP contribution in [0.2, 0.25) is 0 Å². The molecule has 2 aromatic heterocycles. The average molecular weight is 514 g/mol. The Morgan fingerprint density at radius 3 is 2.66 bits per heavy atom. The molecular formula is C28H27N5O5. The molecule has 4 heterocycles. The van der Waals surface area contributed by atoms with Crippen molar-refractivity contribution in [1.29, 1.82) is 0 Å². The van der Waals surface area contributed by atoms with Crippen molar-refractivity contribution in [2.75, 3.05) is 20.2 Å². The van der Waals surface area contributed by atoms with Gasteiger partial charge in [0, 0.05) is 41.6 Å². The van der Waals surface area contributed by atoms with Crippen LogP contribution in [0.4, 0.5) is 0 Å². The molecule has 1 saturated heterocycles. The SMILES string of the molecule is COc1cc(C(=O)C2C(=O)c3cc(-c4n[nH]c(=O)[nH]4)ccc3OC23CCNCC3)cc2c1ccn2C1CC1. The molecule has 2 fully saturated rings. The fourth-order valence-electron chi connectivity index (χ4n) is 6.01. The van der Waals surface area contributed by atoms with E-state index in [9.17, 15) is 14.4 Å². The van der Waals surface area contributed by atoms with Crippen LogP contribution in [0.15, 0.2) is 47.4 Å². The van der Waals surface area contributed by atoms with Gasteiger partial charge in [0.1, 0.15) is 23.0 Å². The van der Waals surface area contributed by atoms with E-state index in [-0.39, 0.29) is 11.6 Å². The van der Waals surface area contributed by atoms with Crippen molar-refractivity contribution in [3.8, 4) is 22.9 Å². The van der Waals surface area contributed by atoms with Crippen molar-refractivity contribution >= 4 is 22.5 Å². The van der Waals surface area contributed by atoms with Crippen LogP contribution in [0.5, 0.6) is 11.5 Å². The summed E-state index contributed by atoms with van der Waals surface area (Å²) in [5, 5.41) is 10.6. The first-order chi connectivity index (χ1) is 18.5. The van der Waals surface area contributed by atoms with Crippen molar-refractivity contribution in [3.63, 3.8) is 0 Å². The zero-order chi connectivity index (χ0) is 26.0. The molecule has 1 aliphatic carbocycles. The number of hydrogen-bond acceptors (Lipinski definition) is 7. The maximum absolute atomic E-state index is 14.3. The molecule has 10 nitrogen and oxygen atoms in total. The number of piperidine rings is 1. The fraction of sp³-hybridized carbons (Fsp3) is 0.357. The maximum atomic E-state index is 14.3. The average Bonchev–Trinajstić information content (AvgIpc) is 3.53. The highest BCUT2D eigenvalue weighted by molar-refractivity contribution is 6.19. The number of hydrogen-bond donors (Lipinski definition) is 3. The third kappa shape index (κ3) is 3.51. The van der Waals surface area contributed by atoms with Gasteiger partial charge in [-0.1, -0.05) is 0 Å². The molecule has 1 unspecified atom stereocenters. The van der Waals surface area contributed by atoms with E-state index < -0.39 is 17.2 Å². The van der Waals surface area contributed by atoms with Gasteiger partial charge in [-0.15, -0.1) is 0 Å². The number of aromatic nitrogens is 4. The molecule has 1 atom stereocenters. The largest absolute Gasteiger partial charge is 0.496 e.